The van der Waals surface area contributed by atoms with Crippen molar-refractivity contribution in [3.05, 3.63) is 34.6 Å². The van der Waals surface area contributed by atoms with Crippen LogP contribution < -0.4 is 5.32 Å². The molecule has 2 aromatic rings. The molecular formula is C15H21NO. The van der Waals surface area contributed by atoms with Gasteiger partial charge in [-0.1, -0.05) is 6.92 Å². The van der Waals surface area contributed by atoms with E-state index in [4.69, 9.17) is 4.42 Å². The number of nitrogens with one attached hydrogen (secondary N) is 1. The Morgan fingerprint density at radius 1 is 1.18 bits per heavy atom. The smallest absolute Gasteiger partial charge is 0.134 e. The summed E-state index contributed by atoms with van der Waals surface area (Å²) in [6, 6.07) is 4.64. The summed E-state index contributed by atoms with van der Waals surface area (Å²) >= 11 is 0. The fraction of sp³-hybridized carbons (Fsp3) is 0.467. The van der Waals surface area contributed by atoms with E-state index in [2.05, 4.69) is 52.1 Å². The third-order valence-electron chi connectivity index (χ3n) is 3.49. The lowest BCUT2D eigenvalue weighted by molar-refractivity contribution is 0.456. The monoisotopic (exact) mass is 231 g/mol. The van der Waals surface area contributed by atoms with Crippen LogP contribution in [0.5, 0.6) is 0 Å². The summed E-state index contributed by atoms with van der Waals surface area (Å²) in [5.41, 5.74) is 4.87. The average Bonchev–Trinajstić information content (AvgIpc) is 2.58. The molecule has 1 aromatic heterocycles. The van der Waals surface area contributed by atoms with Gasteiger partial charge < -0.3 is 9.73 Å². The van der Waals surface area contributed by atoms with Crippen LogP contribution in [0.4, 0.5) is 0 Å². The van der Waals surface area contributed by atoms with Crippen molar-refractivity contribution >= 4 is 11.0 Å². The second-order valence-electron chi connectivity index (χ2n) is 4.80. The van der Waals surface area contributed by atoms with E-state index >= 15 is 0 Å². The van der Waals surface area contributed by atoms with Gasteiger partial charge in [0, 0.05) is 5.39 Å². The summed E-state index contributed by atoms with van der Waals surface area (Å²) in [4.78, 5) is 0. The molecule has 0 radical (unpaired) electrons. The predicted molar refractivity (Wildman–Crippen MR) is 72.5 cm³/mol. The molecule has 0 aliphatic heterocycles. The lowest BCUT2D eigenvalue weighted by Gasteiger charge is -2.09. The van der Waals surface area contributed by atoms with E-state index in [-0.39, 0.29) is 6.04 Å². The highest BCUT2D eigenvalue weighted by molar-refractivity contribution is 5.83. The van der Waals surface area contributed by atoms with E-state index in [1.807, 2.05) is 0 Å². The van der Waals surface area contributed by atoms with Gasteiger partial charge in [-0.25, -0.2) is 0 Å². The number of furan rings is 1. The molecule has 0 aliphatic rings. The number of aryl methyl sites for hydroxylation is 3. The van der Waals surface area contributed by atoms with Gasteiger partial charge in [-0.05, 0) is 63.1 Å². The number of hydrogen-bond donors (Lipinski definition) is 1. The van der Waals surface area contributed by atoms with Gasteiger partial charge in [-0.2, -0.15) is 0 Å². The first-order valence-corrected chi connectivity index (χ1v) is 6.28. The van der Waals surface area contributed by atoms with E-state index < -0.39 is 0 Å². The Balaban J connectivity index is 2.56. The maximum atomic E-state index is 5.99. The molecule has 92 valence electrons. The Morgan fingerprint density at radius 2 is 1.82 bits per heavy atom. The molecule has 0 spiro atoms. The van der Waals surface area contributed by atoms with Crippen molar-refractivity contribution in [3.8, 4) is 0 Å². The fourth-order valence-electron chi connectivity index (χ4n) is 2.31. The van der Waals surface area contributed by atoms with Crippen LogP contribution in [0.2, 0.25) is 0 Å². The van der Waals surface area contributed by atoms with Crippen LogP contribution in [0.25, 0.3) is 11.0 Å². The van der Waals surface area contributed by atoms with E-state index in [0.717, 1.165) is 17.9 Å². The number of benzene rings is 1. The zero-order chi connectivity index (χ0) is 12.6. The third kappa shape index (κ3) is 2.09. The first kappa shape index (κ1) is 12.2. The molecule has 0 amide bonds. The van der Waals surface area contributed by atoms with Crippen molar-refractivity contribution in [2.45, 2.75) is 40.7 Å². The minimum atomic E-state index is 0.271. The Morgan fingerprint density at radius 3 is 2.47 bits per heavy atom. The molecule has 0 saturated carbocycles. The van der Waals surface area contributed by atoms with Gasteiger partial charge in [0.1, 0.15) is 11.3 Å². The van der Waals surface area contributed by atoms with Crippen molar-refractivity contribution < 1.29 is 4.42 Å². The maximum absolute atomic E-state index is 5.99. The van der Waals surface area contributed by atoms with Crippen molar-refractivity contribution in [1.29, 1.82) is 0 Å². The molecule has 0 saturated heterocycles. The molecule has 1 aromatic carbocycles. The summed E-state index contributed by atoms with van der Waals surface area (Å²) < 4.78 is 5.99. The van der Waals surface area contributed by atoms with E-state index in [1.165, 1.54) is 22.1 Å². The molecule has 0 fully saturated rings. The molecule has 1 heterocycles. The van der Waals surface area contributed by atoms with Crippen LogP contribution in [0, 0.1) is 20.8 Å². The van der Waals surface area contributed by atoms with Gasteiger partial charge in [0.05, 0.1) is 6.04 Å². The molecule has 2 nitrogen and oxygen atoms in total. The highest BCUT2D eigenvalue weighted by atomic mass is 16.3. The summed E-state index contributed by atoms with van der Waals surface area (Å²) in [6.07, 6.45) is 0. The number of rotatable bonds is 3. The molecule has 0 aliphatic carbocycles. The molecule has 1 N–H and O–H groups in total. The normalized spacial score (nSPS) is 13.2. The highest BCUT2D eigenvalue weighted by Crippen LogP contribution is 2.31. The Hall–Kier alpha value is -1.28. The van der Waals surface area contributed by atoms with Crippen LogP contribution in [-0.2, 0) is 0 Å². The van der Waals surface area contributed by atoms with Crippen LogP contribution in [0.1, 0.15) is 42.3 Å². The Kier molecular flexibility index (Phi) is 3.25. The first-order chi connectivity index (χ1) is 8.04. The van der Waals surface area contributed by atoms with Gasteiger partial charge in [-0.15, -0.1) is 0 Å². The van der Waals surface area contributed by atoms with Gasteiger partial charge in [0.2, 0.25) is 0 Å². The van der Waals surface area contributed by atoms with Crippen LogP contribution in [0.3, 0.4) is 0 Å². The Labute approximate surface area is 103 Å². The quantitative estimate of drug-likeness (QED) is 0.862. The molecule has 2 rings (SSSR count). The molecule has 2 heteroatoms. The number of hydrogen-bond acceptors (Lipinski definition) is 2. The van der Waals surface area contributed by atoms with E-state index in [0.29, 0.717) is 0 Å². The summed E-state index contributed by atoms with van der Waals surface area (Å²) in [5, 5.41) is 4.64. The van der Waals surface area contributed by atoms with Crippen molar-refractivity contribution in [3.63, 3.8) is 0 Å². The largest absolute Gasteiger partial charge is 0.459 e. The molecule has 0 bridgehead atoms. The summed E-state index contributed by atoms with van der Waals surface area (Å²) in [7, 11) is 0. The van der Waals surface area contributed by atoms with Gasteiger partial charge in [-0.3, -0.25) is 0 Å². The SMILES string of the molecule is CCNC(C)c1oc2cc(C)c(C)cc2c1C. The second-order valence-corrected chi connectivity index (χ2v) is 4.80. The maximum Gasteiger partial charge on any atom is 0.134 e. The average molecular weight is 231 g/mol. The minimum absolute atomic E-state index is 0.271. The molecule has 1 atom stereocenters. The molecule has 17 heavy (non-hydrogen) atoms. The molecule has 1 unspecified atom stereocenters. The van der Waals surface area contributed by atoms with Gasteiger partial charge in [0.15, 0.2) is 0 Å². The standard InChI is InChI=1S/C15H21NO/c1-6-16-12(5)15-11(4)13-7-9(2)10(3)8-14(13)17-15/h7-8,12,16H,6H2,1-5H3. The van der Waals surface area contributed by atoms with E-state index in [1.54, 1.807) is 0 Å². The minimum Gasteiger partial charge on any atom is -0.459 e. The topological polar surface area (TPSA) is 25.2 Å². The second kappa shape index (κ2) is 4.53. The van der Waals surface area contributed by atoms with Gasteiger partial charge >= 0.3 is 0 Å². The highest BCUT2D eigenvalue weighted by Gasteiger charge is 2.16. The zero-order valence-electron chi connectivity index (χ0n) is 11.3. The zero-order valence-corrected chi connectivity index (χ0v) is 11.3. The summed E-state index contributed by atoms with van der Waals surface area (Å²) in [6.45, 7) is 11.6. The van der Waals surface area contributed by atoms with Gasteiger partial charge in [0.25, 0.3) is 0 Å². The molecular weight excluding hydrogens is 210 g/mol. The lowest BCUT2D eigenvalue weighted by Crippen LogP contribution is -2.17. The lowest BCUT2D eigenvalue weighted by atomic mass is 10.0. The summed E-state index contributed by atoms with van der Waals surface area (Å²) in [5.74, 6) is 1.06. The predicted octanol–water partition coefficient (Wildman–Crippen LogP) is 4.03. The Bertz CT molecular complexity index is 539. The van der Waals surface area contributed by atoms with Crippen LogP contribution >= 0.6 is 0 Å². The number of fused-ring (bicyclic) bond motifs is 1. The van der Waals surface area contributed by atoms with Crippen molar-refractivity contribution in [2.24, 2.45) is 0 Å². The van der Waals surface area contributed by atoms with Crippen LogP contribution in [-0.4, -0.2) is 6.54 Å². The first-order valence-electron chi connectivity index (χ1n) is 6.28. The van der Waals surface area contributed by atoms with Crippen molar-refractivity contribution in [2.75, 3.05) is 6.54 Å². The van der Waals surface area contributed by atoms with Crippen molar-refractivity contribution in [1.82, 2.24) is 5.32 Å². The fourth-order valence-corrected chi connectivity index (χ4v) is 2.31. The van der Waals surface area contributed by atoms with Crippen LogP contribution in [0.15, 0.2) is 16.5 Å². The third-order valence-corrected chi connectivity index (χ3v) is 3.49. The van der Waals surface area contributed by atoms with E-state index in [9.17, 15) is 0 Å².